The number of ether oxygens (including phenoxy) is 2. The molecule has 0 aromatic rings. The Morgan fingerprint density at radius 3 is 2.50 bits per heavy atom. The van der Waals surface area contributed by atoms with E-state index in [0.717, 1.165) is 0 Å². The highest BCUT2D eigenvalue weighted by molar-refractivity contribution is 5.73. The number of hydrogen-bond acceptors (Lipinski definition) is 4. The van der Waals surface area contributed by atoms with Crippen molar-refractivity contribution in [2.75, 3.05) is 19.8 Å². The highest BCUT2D eigenvalue weighted by atomic mass is 16.5. The first-order chi connectivity index (χ1) is 6.63. The Bertz CT molecular complexity index is 213. The number of primary amides is 1. The molecule has 0 saturated heterocycles. The van der Waals surface area contributed by atoms with E-state index in [0.29, 0.717) is 13.2 Å². The van der Waals surface area contributed by atoms with Gasteiger partial charge < -0.3 is 15.2 Å². The van der Waals surface area contributed by atoms with Gasteiger partial charge in [-0.05, 0) is 6.08 Å². The summed E-state index contributed by atoms with van der Waals surface area (Å²) in [7, 11) is 0. The van der Waals surface area contributed by atoms with Crippen molar-refractivity contribution in [3.05, 3.63) is 12.2 Å². The van der Waals surface area contributed by atoms with Crippen molar-refractivity contribution in [3.63, 3.8) is 0 Å². The first-order valence-electron chi connectivity index (χ1n) is 4.27. The van der Waals surface area contributed by atoms with Crippen LogP contribution in [-0.2, 0) is 19.1 Å². The Morgan fingerprint density at radius 1 is 1.29 bits per heavy atom. The van der Waals surface area contributed by atoms with Crippen LogP contribution < -0.4 is 5.73 Å². The Kier molecular flexibility index (Phi) is 7.45. The zero-order chi connectivity index (χ0) is 10.8. The Hall–Kier alpha value is -1.36. The molecule has 0 spiro atoms. The number of carbonyl (C=O) groups excluding carboxylic acids is 2. The lowest BCUT2D eigenvalue weighted by Gasteiger charge is -1.98. The van der Waals surface area contributed by atoms with E-state index in [1.165, 1.54) is 6.92 Å². The van der Waals surface area contributed by atoms with Gasteiger partial charge in [0.25, 0.3) is 0 Å². The van der Waals surface area contributed by atoms with Crippen LogP contribution in [0, 0.1) is 0 Å². The summed E-state index contributed by atoms with van der Waals surface area (Å²) >= 11 is 0. The number of hydrogen-bond donors (Lipinski definition) is 1. The highest BCUT2D eigenvalue weighted by Crippen LogP contribution is 1.84. The normalized spacial score (nSPS) is 10.4. The zero-order valence-electron chi connectivity index (χ0n) is 8.19. The minimum Gasteiger partial charge on any atom is -0.462 e. The van der Waals surface area contributed by atoms with E-state index in [4.69, 9.17) is 10.5 Å². The molecule has 0 aliphatic heterocycles. The van der Waals surface area contributed by atoms with Crippen molar-refractivity contribution in [2.24, 2.45) is 5.73 Å². The molecule has 0 aromatic carbocycles. The first kappa shape index (κ1) is 12.6. The summed E-state index contributed by atoms with van der Waals surface area (Å²) < 4.78 is 9.65. The minimum absolute atomic E-state index is 0.220. The van der Waals surface area contributed by atoms with E-state index in [9.17, 15) is 9.59 Å². The van der Waals surface area contributed by atoms with E-state index in [2.05, 4.69) is 4.74 Å². The lowest BCUT2D eigenvalue weighted by atomic mass is 10.4. The summed E-state index contributed by atoms with van der Waals surface area (Å²) in [5.41, 5.74) is 4.89. The van der Waals surface area contributed by atoms with Gasteiger partial charge in [-0.1, -0.05) is 6.08 Å². The molecule has 0 unspecified atom stereocenters. The first-order valence-corrected chi connectivity index (χ1v) is 4.27. The third-order valence-electron chi connectivity index (χ3n) is 1.26. The summed E-state index contributed by atoms with van der Waals surface area (Å²) in [5.74, 6) is -0.696. The lowest BCUT2D eigenvalue weighted by molar-refractivity contribution is -0.139. The quantitative estimate of drug-likeness (QED) is 0.357. The molecule has 0 aliphatic carbocycles. The van der Waals surface area contributed by atoms with Crippen molar-refractivity contribution in [1.29, 1.82) is 0 Å². The topological polar surface area (TPSA) is 78.6 Å². The van der Waals surface area contributed by atoms with Crippen LogP contribution >= 0.6 is 0 Å². The molecule has 0 bridgehead atoms. The summed E-state index contributed by atoms with van der Waals surface area (Å²) in [6.07, 6.45) is 3.60. The number of nitrogens with two attached hydrogens (primary N) is 1. The molecule has 14 heavy (non-hydrogen) atoms. The van der Waals surface area contributed by atoms with E-state index in [-0.39, 0.29) is 24.9 Å². The van der Waals surface area contributed by atoms with Crippen molar-refractivity contribution >= 4 is 11.9 Å². The second-order valence-corrected chi connectivity index (χ2v) is 2.57. The molecular weight excluding hydrogens is 186 g/mol. The molecule has 2 N–H and O–H groups in total. The Labute approximate surface area is 82.9 Å². The fourth-order valence-electron chi connectivity index (χ4n) is 0.626. The summed E-state index contributed by atoms with van der Waals surface area (Å²) in [6, 6.07) is 0. The molecule has 0 aliphatic rings. The van der Waals surface area contributed by atoms with Crippen molar-refractivity contribution in [2.45, 2.75) is 13.3 Å². The predicted octanol–water partition coefficient (Wildman–Crippen LogP) is -0.00230. The average molecular weight is 201 g/mol. The number of carbonyl (C=O) groups is 2. The standard InChI is InChI=1S/C9H15NO4/c1-8(11)14-6-3-2-5-13-7-4-9(10)12/h2-3H,4-7H2,1H3,(H2,10,12)/b3-2+. The van der Waals surface area contributed by atoms with Crippen LogP contribution in [0.3, 0.4) is 0 Å². The van der Waals surface area contributed by atoms with Gasteiger partial charge >= 0.3 is 5.97 Å². The maximum atomic E-state index is 10.3. The number of amides is 1. The van der Waals surface area contributed by atoms with E-state index in [1.807, 2.05) is 0 Å². The van der Waals surface area contributed by atoms with Crippen LogP contribution in [0.5, 0.6) is 0 Å². The summed E-state index contributed by atoms with van der Waals surface area (Å²) in [6.45, 7) is 2.29. The monoisotopic (exact) mass is 201 g/mol. The van der Waals surface area contributed by atoms with E-state index >= 15 is 0 Å². The molecule has 5 heteroatoms. The van der Waals surface area contributed by atoms with E-state index in [1.54, 1.807) is 12.2 Å². The molecule has 1 amide bonds. The Balaban J connectivity index is 3.19. The van der Waals surface area contributed by atoms with Gasteiger partial charge in [-0.2, -0.15) is 0 Å². The van der Waals surface area contributed by atoms with Crippen molar-refractivity contribution in [3.8, 4) is 0 Å². The predicted molar refractivity (Wildman–Crippen MR) is 50.4 cm³/mol. The van der Waals surface area contributed by atoms with Gasteiger partial charge in [0.2, 0.25) is 5.91 Å². The van der Waals surface area contributed by atoms with Crippen LogP contribution in [-0.4, -0.2) is 31.7 Å². The maximum absolute atomic E-state index is 10.3. The second-order valence-electron chi connectivity index (χ2n) is 2.57. The number of rotatable bonds is 7. The molecule has 5 nitrogen and oxygen atoms in total. The molecule has 0 rings (SSSR count). The largest absolute Gasteiger partial charge is 0.462 e. The van der Waals surface area contributed by atoms with Crippen LogP contribution in [0.2, 0.25) is 0 Å². The van der Waals surface area contributed by atoms with Crippen molar-refractivity contribution in [1.82, 2.24) is 0 Å². The molecule has 0 radical (unpaired) electrons. The van der Waals surface area contributed by atoms with Crippen LogP contribution in [0.25, 0.3) is 0 Å². The third-order valence-corrected chi connectivity index (χ3v) is 1.26. The van der Waals surface area contributed by atoms with Gasteiger partial charge in [-0.3, -0.25) is 9.59 Å². The molecule has 0 heterocycles. The Morgan fingerprint density at radius 2 is 1.93 bits per heavy atom. The molecule has 0 atom stereocenters. The smallest absolute Gasteiger partial charge is 0.302 e. The molecule has 0 aromatic heterocycles. The van der Waals surface area contributed by atoms with Crippen LogP contribution in [0.15, 0.2) is 12.2 Å². The zero-order valence-corrected chi connectivity index (χ0v) is 8.19. The molecule has 80 valence electrons. The fraction of sp³-hybridized carbons (Fsp3) is 0.556. The molecular formula is C9H15NO4. The SMILES string of the molecule is CC(=O)OC/C=C/COCCC(N)=O. The van der Waals surface area contributed by atoms with Crippen molar-refractivity contribution < 1.29 is 19.1 Å². The van der Waals surface area contributed by atoms with Gasteiger partial charge in [0.05, 0.1) is 13.2 Å². The fourth-order valence-corrected chi connectivity index (χ4v) is 0.626. The minimum atomic E-state index is -0.381. The van der Waals surface area contributed by atoms with Gasteiger partial charge in [0, 0.05) is 13.3 Å². The van der Waals surface area contributed by atoms with Gasteiger partial charge in [-0.15, -0.1) is 0 Å². The summed E-state index contributed by atoms with van der Waals surface area (Å²) in [5, 5.41) is 0. The molecule has 0 fully saturated rings. The van der Waals surface area contributed by atoms with Gasteiger partial charge in [0.15, 0.2) is 0 Å². The van der Waals surface area contributed by atoms with Gasteiger partial charge in [-0.25, -0.2) is 0 Å². The van der Waals surface area contributed by atoms with Crippen LogP contribution in [0.1, 0.15) is 13.3 Å². The van der Waals surface area contributed by atoms with E-state index < -0.39 is 0 Å². The van der Waals surface area contributed by atoms with Gasteiger partial charge in [0.1, 0.15) is 6.61 Å². The lowest BCUT2D eigenvalue weighted by Crippen LogP contribution is -2.13. The average Bonchev–Trinajstić information content (AvgIpc) is 2.08. The van der Waals surface area contributed by atoms with Crippen LogP contribution in [0.4, 0.5) is 0 Å². The number of esters is 1. The maximum Gasteiger partial charge on any atom is 0.302 e. The molecule has 0 saturated carbocycles. The highest BCUT2D eigenvalue weighted by Gasteiger charge is 1.92. The second kappa shape index (κ2) is 8.25. The third kappa shape index (κ3) is 10.6. The summed E-state index contributed by atoms with van der Waals surface area (Å²) in [4.78, 5) is 20.6.